The van der Waals surface area contributed by atoms with Gasteiger partial charge in [0.1, 0.15) is 0 Å². The maximum absolute atomic E-state index is 12.2. The molecule has 1 rings (SSSR count). The molecule has 0 radical (unpaired) electrons. The molecule has 0 saturated heterocycles. The summed E-state index contributed by atoms with van der Waals surface area (Å²) in [7, 11) is 0. The highest BCUT2D eigenvalue weighted by Gasteiger charge is 2.30. The Labute approximate surface area is 118 Å². The molecule has 1 heterocycles. The van der Waals surface area contributed by atoms with Crippen molar-refractivity contribution in [3.8, 4) is 0 Å². The van der Waals surface area contributed by atoms with Gasteiger partial charge in [-0.1, -0.05) is 54.5 Å². The Morgan fingerprint density at radius 2 is 1.63 bits per heavy atom. The molecule has 0 N–H and O–H groups in total. The zero-order chi connectivity index (χ0) is 14.8. The quantitative estimate of drug-likeness (QED) is 0.731. The normalized spacial score (nSPS) is 18.1. The third kappa shape index (κ3) is 3.95. The van der Waals surface area contributed by atoms with E-state index in [4.69, 9.17) is 0 Å². The fourth-order valence-electron chi connectivity index (χ4n) is 2.52. The van der Waals surface area contributed by atoms with Gasteiger partial charge >= 0.3 is 0 Å². The predicted octanol–water partition coefficient (Wildman–Crippen LogP) is 4.18. The molecule has 1 aliphatic heterocycles. The maximum Gasteiger partial charge on any atom is 0.246 e. The summed E-state index contributed by atoms with van der Waals surface area (Å²) in [5.41, 5.74) is 2.85. The molecule has 19 heavy (non-hydrogen) atoms. The minimum absolute atomic E-state index is 0.0710. The van der Waals surface area contributed by atoms with E-state index in [-0.39, 0.29) is 16.7 Å². The predicted molar refractivity (Wildman–Crippen MR) is 81.9 cm³/mol. The summed E-state index contributed by atoms with van der Waals surface area (Å²) in [6, 6.07) is 0. The molecule has 2 heteroatoms. The Balaban J connectivity index is 3.31. The average Bonchev–Trinajstić information content (AvgIpc) is 2.38. The Morgan fingerprint density at radius 3 is 2.05 bits per heavy atom. The van der Waals surface area contributed by atoms with Crippen LogP contribution in [0.3, 0.4) is 0 Å². The van der Waals surface area contributed by atoms with Gasteiger partial charge in [0.15, 0.2) is 0 Å². The highest BCUT2D eigenvalue weighted by Crippen LogP contribution is 2.38. The number of carbonyl (C=O) groups is 1. The zero-order valence-corrected chi connectivity index (χ0v) is 13.6. The molecule has 0 atom stereocenters. The summed E-state index contributed by atoms with van der Waals surface area (Å²) in [4.78, 5) is 14.1. The summed E-state index contributed by atoms with van der Waals surface area (Å²) in [5, 5.41) is 0. The first-order chi connectivity index (χ1) is 8.57. The average molecular weight is 263 g/mol. The summed E-state index contributed by atoms with van der Waals surface area (Å²) in [5.74, 6) is 0.142. The number of carbonyl (C=O) groups excluding carboxylic acids is 1. The topological polar surface area (TPSA) is 20.3 Å². The van der Waals surface area contributed by atoms with Crippen molar-refractivity contribution in [2.45, 2.75) is 54.9 Å². The van der Waals surface area contributed by atoms with E-state index >= 15 is 0 Å². The lowest BCUT2D eigenvalue weighted by Gasteiger charge is -2.33. The van der Waals surface area contributed by atoms with Gasteiger partial charge in [0.05, 0.1) is 0 Å². The van der Waals surface area contributed by atoms with Crippen LogP contribution in [0, 0.1) is 10.8 Å². The monoisotopic (exact) mass is 263 g/mol. The van der Waals surface area contributed by atoms with Crippen LogP contribution in [-0.2, 0) is 4.79 Å². The van der Waals surface area contributed by atoms with Crippen molar-refractivity contribution in [2.75, 3.05) is 13.1 Å². The second-order valence-electron chi connectivity index (χ2n) is 7.49. The molecular weight excluding hydrogens is 234 g/mol. The van der Waals surface area contributed by atoms with E-state index < -0.39 is 0 Å². The van der Waals surface area contributed by atoms with E-state index in [9.17, 15) is 4.79 Å². The van der Waals surface area contributed by atoms with E-state index in [1.165, 1.54) is 11.1 Å². The summed E-state index contributed by atoms with van der Waals surface area (Å²) < 4.78 is 0. The largest absolute Gasteiger partial charge is 0.335 e. The molecule has 0 aliphatic carbocycles. The first-order valence-corrected chi connectivity index (χ1v) is 7.28. The lowest BCUT2D eigenvalue weighted by atomic mass is 9.75. The Kier molecular flexibility index (Phi) is 4.65. The van der Waals surface area contributed by atoms with Gasteiger partial charge in [0.25, 0.3) is 0 Å². The third-order valence-electron chi connectivity index (χ3n) is 3.59. The molecule has 1 aliphatic rings. The zero-order valence-electron chi connectivity index (χ0n) is 13.6. The number of hydrogen-bond acceptors (Lipinski definition) is 1. The van der Waals surface area contributed by atoms with Crippen LogP contribution in [0.1, 0.15) is 54.9 Å². The number of amides is 1. The van der Waals surface area contributed by atoms with Gasteiger partial charge in [0, 0.05) is 19.2 Å². The van der Waals surface area contributed by atoms with E-state index in [2.05, 4.69) is 48.5 Å². The van der Waals surface area contributed by atoms with Crippen molar-refractivity contribution in [1.82, 2.24) is 4.90 Å². The molecule has 0 aromatic carbocycles. The summed E-state index contributed by atoms with van der Waals surface area (Å²) in [6.45, 7) is 17.1. The van der Waals surface area contributed by atoms with Crippen molar-refractivity contribution in [2.24, 2.45) is 10.8 Å². The minimum atomic E-state index is 0.0710. The molecular formula is C17H29NO. The first-order valence-electron chi connectivity index (χ1n) is 7.28. The fourth-order valence-corrected chi connectivity index (χ4v) is 2.52. The Hall–Kier alpha value is -1.05. The van der Waals surface area contributed by atoms with Gasteiger partial charge in [-0.25, -0.2) is 0 Å². The molecule has 0 saturated carbocycles. The molecule has 0 spiro atoms. The van der Waals surface area contributed by atoms with E-state index in [1.54, 1.807) is 6.08 Å². The third-order valence-corrected chi connectivity index (χ3v) is 3.59. The second kappa shape index (κ2) is 5.52. The summed E-state index contributed by atoms with van der Waals surface area (Å²) >= 11 is 0. The molecule has 108 valence electrons. The number of hydrogen-bond donors (Lipinski definition) is 0. The van der Waals surface area contributed by atoms with E-state index in [0.29, 0.717) is 0 Å². The first kappa shape index (κ1) is 16.0. The fraction of sp³-hybridized carbons (Fsp3) is 0.706. The number of rotatable bonds is 2. The van der Waals surface area contributed by atoms with Crippen molar-refractivity contribution in [3.05, 3.63) is 23.3 Å². The molecule has 2 nitrogen and oxygen atoms in total. The number of nitrogens with zero attached hydrogens (tertiary/aromatic N) is 1. The van der Waals surface area contributed by atoms with Crippen molar-refractivity contribution in [3.63, 3.8) is 0 Å². The SMILES string of the molecule is CCCN1CC(C(C)(C)C)=C(C(C)(C)C)C=CC1=O. The minimum Gasteiger partial charge on any atom is -0.335 e. The van der Waals surface area contributed by atoms with E-state index in [1.807, 2.05) is 11.0 Å². The van der Waals surface area contributed by atoms with Crippen LogP contribution in [0.2, 0.25) is 0 Å². The van der Waals surface area contributed by atoms with Gasteiger partial charge in [0.2, 0.25) is 5.91 Å². The second-order valence-corrected chi connectivity index (χ2v) is 7.49. The maximum atomic E-state index is 12.2. The van der Waals surface area contributed by atoms with Crippen LogP contribution in [0.15, 0.2) is 23.3 Å². The molecule has 0 aromatic rings. The van der Waals surface area contributed by atoms with Crippen molar-refractivity contribution in [1.29, 1.82) is 0 Å². The smallest absolute Gasteiger partial charge is 0.246 e. The molecule has 0 bridgehead atoms. The number of allylic oxidation sites excluding steroid dienone is 2. The highest BCUT2D eigenvalue weighted by atomic mass is 16.2. The molecule has 0 aromatic heterocycles. The van der Waals surface area contributed by atoms with Crippen LogP contribution >= 0.6 is 0 Å². The van der Waals surface area contributed by atoms with Crippen LogP contribution < -0.4 is 0 Å². The van der Waals surface area contributed by atoms with E-state index in [0.717, 1.165) is 19.5 Å². The molecule has 0 fully saturated rings. The van der Waals surface area contributed by atoms with Crippen molar-refractivity contribution >= 4 is 5.91 Å². The van der Waals surface area contributed by atoms with Gasteiger partial charge in [-0.15, -0.1) is 0 Å². The van der Waals surface area contributed by atoms with Gasteiger partial charge in [-0.2, -0.15) is 0 Å². The standard InChI is InChI=1S/C17H29NO/c1-8-11-18-12-14(17(5,6)7)13(16(2,3)4)9-10-15(18)19/h9-10H,8,11-12H2,1-7H3. The van der Waals surface area contributed by atoms with Crippen LogP contribution in [0.25, 0.3) is 0 Å². The van der Waals surface area contributed by atoms with Gasteiger partial charge < -0.3 is 4.90 Å². The Bertz CT molecular complexity index is 402. The van der Waals surface area contributed by atoms with Gasteiger partial charge in [-0.05, 0) is 28.4 Å². The lowest BCUT2D eigenvalue weighted by molar-refractivity contribution is -0.125. The van der Waals surface area contributed by atoms with Crippen LogP contribution in [-0.4, -0.2) is 23.9 Å². The van der Waals surface area contributed by atoms with Crippen molar-refractivity contribution < 1.29 is 4.79 Å². The lowest BCUT2D eigenvalue weighted by Crippen LogP contribution is -2.34. The molecule has 1 amide bonds. The van der Waals surface area contributed by atoms with Crippen LogP contribution in [0.4, 0.5) is 0 Å². The summed E-state index contributed by atoms with van der Waals surface area (Å²) in [6.07, 6.45) is 4.79. The highest BCUT2D eigenvalue weighted by molar-refractivity contribution is 5.89. The van der Waals surface area contributed by atoms with Gasteiger partial charge in [-0.3, -0.25) is 4.79 Å². The van der Waals surface area contributed by atoms with Crippen LogP contribution in [0.5, 0.6) is 0 Å². The molecule has 0 unspecified atom stereocenters. The Morgan fingerprint density at radius 1 is 1.05 bits per heavy atom.